The molecule has 19 heavy (non-hydrogen) atoms. The van der Waals surface area contributed by atoms with Crippen LogP contribution in [0.15, 0.2) is 12.1 Å². The summed E-state index contributed by atoms with van der Waals surface area (Å²) in [6.07, 6.45) is 0.396. The Bertz CT molecular complexity index is 457. The largest absolute Gasteiger partial charge is 0.496 e. The molecule has 1 rings (SSSR count). The van der Waals surface area contributed by atoms with Gasteiger partial charge in [-0.3, -0.25) is 4.79 Å². The summed E-state index contributed by atoms with van der Waals surface area (Å²) < 4.78 is 5.31. The first-order chi connectivity index (χ1) is 8.69. The van der Waals surface area contributed by atoms with Gasteiger partial charge < -0.3 is 15.6 Å². The van der Waals surface area contributed by atoms with Crippen LogP contribution in [-0.2, 0) is 4.79 Å². The number of ether oxygens (including phenoxy) is 1. The van der Waals surface area contributed by atoms with Gasteiger partial charge in [0.15, 0.2) is 0 Å². The number of nitrogens with two attached hydrogens (primary N) is 1. The SMILES string of the molecule is COc1c(C)cc(C(N)CC(C)(C)C(=O)O)cc1C. The molecule has 0 saturated heterocycles. The summed E-state index contributed by atoms with van der Waals surface area (Å²) in [6.45, 7) is 7.31. The van der Waals surface area contributed by atoms with Crippen molar-refractivity contribution in [1.29, 1.82) is 0 Å². The monoisotopic (exact) mass is 265 g/mol. The Hall–Kier alpha value is -1.55. The molecular weight excluding hydrogens is 242 g/mol. The average Bonchev–Trinajstić information content (AvgIpc) is 2.27. The lowest BCUT2D eigenvalue weighted by molar-refractivity contribution is -0.147. The summed E-state index contributed by atoms with van der Waals surface area (Å²) in [5, 5.41) is 9.15. The predicted octanol–water partition coefficient (Wildman–Crippen LogP) is 2.81. The minimum Gasteiger partial charge on any atom is -0.496 e. The summed E-state index contributed by atoms with van der Waals surface area (Å²) >= 11 is 0. The molecule has 1 unspecified atom stereocenters. The van der Waals surface area contributed by atoms with Gasteiger partial charge in [0.2, 0.25) is 0 Å². The van der Waals surface area contributed by atoms with Gasteiger partial charge >= 0.3 is 5.97 Å². The lowest BCUT2D eigenvalue weighted by atomic mass is 9.83. The van der Waals surface area contributed by atoms with Crippen LogP contribution in [0.2, 0.25) is 0 Å². The smallest absolute Gasteiger partial charge is 0.309 e. The van der Waals surface area contributed by atoms with E-state index in [1.807, 2.05) is 26.0 Å². The van der Waals surface area contributed by atoms with E-state index >= 15 is 0 Å². The maximum atomic E-state index is 11.1. The Morgan fingerprint density at radius 1 is 1.37 bits per heavy atom. The lowest BCUT2D eigenvalue weighted by Gasteiger charge is -2.24. The first-order valence-electron chi connectivity index (χ1n) is 6.33. The number of aliphatic carboxylic acids is 1. The molecule has 106 valence electrons. The highest BCUT2D eigenvalue weighted by Gasteiger charge is 2.30. The van der Waals surface area contributed by atoms with Gasteiger partial charge in [-0.15, -0.1) is 0 Å². The van der Waals surface area contributed by atoms with E-state index in [9.17, 15) is 4.79 Å². The molecule has 0 aliphatic heterocycles. The summed E-state index contributed by atoms with van der Waals surface area (Å²) in [6, 6.07) is 3.64. The third-order valence-electron chi connectivity index (χ3n) is 3.42. The molecule has 0 fully saturated rings. The number of hydrogen-bond donors (Lipinski definition) is 2. The van der Waals surface area contributed by atoms with Crippen molar-refractivity contribution in [2.45, 2.75) is 40.2 Å². The zero-order valence-corrected chi connectivity index (χ0v) is 12.3. The quantitative estimate of drug-likeness (QED) is 0.858. The third-order valence-corrected chi connectivity index (χ3v) is 3.42. The minimum absolute atomic E-state index is 0.297. The number of hydrogen-bond acceptors (Lipinski definition) is 3. The van der Waals surface area contributed by atoms with Crippen molar-refractivity contribution >= 4 is 5.97 Å². The molecule has 1 aromatic rings. The Morgan fingerprint density at radius 2 is 1.84 bits per heavy atom. The van der Waals surface area contributed by atoms with E-state index in [0.717, 1.165) is 22.4 Å². The van der Waals surface area contributed by atoms with Gasteiger partial charge in [0.05, 0.1) is 12.5 Å². The molecule has 0 amide bonds. The highest BCUT2D eigenvalue weighted by Crippen LogP contribution is 2.32. The summed E-state index contributed by atoms with van der Waals surface area (Å²) in [5.74, 6) is 0.0263. The molecule has 0 aliphatic rings. The fourth-order valence-electron chi connectivity index (χ4n) is 2.27. The Balaban J connectivity index is 3.01. The summed E-state index contributed by atoms with van der Waals surface area (Å²) in [7, 11) is 1.64. The number of carbonyl (C=O) groups is 1. The van der Waals surface area contributed by atoms with Crippen molar-refractivity contribution in [3.63, 3.8) is 0 Å². The molecule has 3 N–H and O–H groups in total. The molecule has 0 aromatic heterocycles. The van der Waals surface area contributed by atoms with Crippen LogP contribution in [0.25, 0.3) is 0 Å². The van der Waals surface area contributed by atoms with Crippen molar-refractivity contribution in [3.05, 3.63) is 28.8 Å². The minimum atomic E-state index is -0.832. The Labute approximate surface area is 114 Å². The number of benzene rings is 1. The number of aryl methyl sites for hydroxylation is 2. The van der Waals surface area contributed by atoms with Gasteiger partial charge in [-0.1, -0.05) is 12.1 Å². The van der Waals surface area contributed by atoms with Crippen molar-refractivity contribution in [2.24, 2.45) is 11.1 Å². The van der Waals surface area contributed by atoms with E-state index in [-0.39, 0.29) is 6.04 Å². The highest BCUT2D eigenvalue weighted by molar-refractivity contribution is 5.73. The number of rotatable bonds is 5. The molecule has 0 bridgehead atoms. The van der Waals surface area contributed by atoms with Gasteiger partial charge in [0.1, 0.15) is 5.75 Å². The zero-order valence-electron chi connectivity index (χ0n) is 12.3. The Morgan fingerprint density at radius 3 is 2.21 bits per heavy atom. The second kappa shape index (κ2) is 5.61. The van der Waals surface area contributed by atoms with E-state index in [1.165, 1.54) is 0 Å². The molecule has 0 aliphatic carbocycles. The van der Waals surface area contributed by atoms with Gasteiger partial charge in [-0.2, -0.15) is 0 Å². The number of methoxy groups -OCH3 is 1. The van der Waals surface area contributed by atoms with E-state index in [4.69, 9.17) is 15.6 Å². The fourth-order valence-corrected chi connectivity index (χ4v) is 2.27. The normalized spacial score (nSPS) is 13.2. The van der Waals surface area contributed by atoms with Crippen LogP contribution in [-0.4, -0.2) is 18.2 Å². The molecular formula is C15H23NO3. The van der Waals surface area contributed by atoms with Gasteiger partial charge in [-0.25, -0.2) is 0 Å². The summed E-state index contributed by atoms with van der Waals surface area (Å²) in [4.78, 5) is 11.1. The van der Waals surface area contributed by atoms with Crippen LogP contribution in [0.4, 0.5) is 0 Å². The highest BCUT2D eigenvalue weighted by atomic mass is 16.5. The zero-order chi connectivity index (χ0) is 14.8. The maximum absolute atomic E-state index is 11.1. The molecule has 0 radical (unpaired) electrons. The summed E-state index contributed by atoms with van der Waals surface area (Å²) in [5.41, 5.74) is 8.29. The van der Waals surface area contributed by atoms with Crippen LogP contribution in [0.1, 0.15) is 43.0 Å². The first-order valence-corrected chi connectivity index (χ1v) is 6.33. The van der Waals surface area contributed by atoms with E-state index < -0.39 is 11.4 Å². The van der Waals surface area contributed by atoms with Crippen molar-refractivity contribution in [2.75, 3.05) is 7.11 Å². The van der Waals surface area contributed by atoms with E-state index in [0.29, 0.717) is 6.42 Å². The lowest BCUT2D eigenvalue weighted by Crippen LogP contribution is -2.29. The van der Waals surface area contributed by atoms with Gasteiger partial charge in [0, 0.05) is 6.04 Å². The van der Waals surface area contributed by atoms with Crippen molar-refractivity contribution in [1.82, 2.24) is 0 Å². The van der Waals surface area contributed by atoms with Crippen LogP contribution in [0.3, 0.4) is 0 Å². The van der Waals surface area contributed by atoms with Crippen molar-refractivity contribution in [3.8, 4) is 5.75 Å². The van der Waals surface area contributed by atoms with Crippen LogP contribution in [0.5, 0.6) is 5.75 Å². The topological polar surface area (TPSA) is 72.5 Å². The van der Waals surface area contributed by atoms with E-state index in [1.54, 1.807) is 21.0 Å². The second-order valence-corrected chi connectivity index (χ2v) is 5.69. The standard InChI is InChI=1S/C15H23NO3/c1-9-6-11(7-10(2)13(9)19-5)12(16)8-15(3,4)14(17)18/h6-7,12H,8,16H2,1-5H3,(H,17,18). The molecule has 0 spiro atoms. The van der Waals surface area contributed by atoms with Crippen LogP contribution >= 0.6 is 0 Å². The Kier molecular flexibility index (Phi) is 4.58. The van der Waals surface area contributed by atoms with Crippen molar-refractivity contribution < 1.29 is 14.6 Å². The van der Waals surface area contributed by atoms with Gasteiger partial charge in [-0.05, 0) is 50.8 Å². The average molecular weight is 265 g/mol. The maximum Gasteiger partial charge on any atom is 0.309 e. The number of carboxylic acid groups (broad SMARTS) is 1. The first kappa shape index (κ1) is 15.5. The fraction of sp³-hybridized carbons (Fsp3) is 0.533. The second-order valence-electron chi connectivity index (χ2n) is 5.69. The molecule has 1 atom stereocenters. The number of carboxylic acids is 1. The molecule has 4 heteroatoms. The van der Waals surface area contributed by atoms with E-state index in [2.05, 4.69) is 0 Å². The molecule has 4 nitrogen and oxygen atoms in total. The molecule has 1 aromatic carbocycles. The van der Waals surface area contributed by atoms with Crippen LogP contribution in [0, 0.1) is 19.3 Å². The molecule has 0 saturated carbocycles. The predicted molar refractivity (Wildman–Crippen MR) is 75.4 cm³/mol. The third kappa shape index (κ3) is 3.47. The van der Waals surface area contributed by atoms with Crippen LogP contribution < -0.4 is 10.5 Å². The molecule has 0 heterocycles. The van der Waals surface area contributed by atoms with Gasteiger partial charge in [0.25, 0.3) is 0 Å².